The average molecular weight is 778 g/mol. The number of esters is 2. The van der Waals surface area contributed by atoms with Gasteiger partial charge in [0.25, 0.3) is 0 Å². The highest BCUT2D eigenvalue weighted by molar-refractivity contribution is 6.01. The number of fused-ring (bicyclic) bond motifs is 2. The molecule has 0 fully saturated rings. The summed E-state index contributed by atoms with van der Waals surface area (Å²) in [5.41, 5.74) is 2.74. The van der Waals surface area contributed by atoms with E-state index in [4.69, 9.17) is 14.2 Å². The molecule has 0 amide bonds. The minimum Gasteiger partial charge on any atom is -0.505 e. The molecule has 0 unspecified atom stereocenters. The van der Waals surface area contributed by atoms with Gasteiger partial charge >= 0.3 is 11.9 Å². The molecule has 300 valence electrons. The van der Waals surface area contributed by atoms with Crippen molar-refractivity contribution >= 4 is 33.5 Å². The van der Waals surface area contributed by atoms with Crippen molar-refractivity contribution in [2.75, 3.05) is 63.2 Å². The molecule has 2 heterocycles. The number of carbonyl (C=O) groups excluding carboxylic acids is 2. The van der Waals surface area contributed by atoms with Gasteiger partial charge in [-0.3, -0.25) is 9.80 Å². The van der Waals surface area contributed by atoms with E-state index in [1.165, 1.54) is 20.4 Å². The largest absolute Gasteiger partial charge is 0.505 e. The number of pyridine rings is 2. The summed E-state index contributed by atoms with van der Waals surface area (Å²) in [6.07, 6.45) is 1.51. The van der Waals surface area contributed by atoms with Crippen LogP contribution in [0.1, 0.15) is 37.8 Å². The van der Waals surface area contributed by atoms with Crippen molar-refractivity contribution in [1.82, 2.24) is 24.7 Å². The summed E-state index contributed by atoms with van der Waals surface area (Å²) in [7, 11) is 14.5. The first-order chi connectivity index (χ1) is 27.1. The number of benzene rings is 4. The number of nitrogens with zero attached hydrogens (tertiary/aromatic N) is 5. The molecule has 2 aromatic heterocycles. The van der Waals surface area contributed by atoms with Crippen molar-refractivity contribution in [1.29, 1.82) is 0 Å². The molecule has 0 spiro atoms. The smallest absolute Gasteiger partial charge is 0.360 e. The first-order valence-electron chi connectivity index (χ1n) is 18.0. The number of hydrogen-bond acceptors (Lipinski definition) is 13. The van der Waals surface area contributed by atoms with Crippen LogP contribution in [-0.4, -0.2) is 110 Å². The predicted molar refractivity (Wildman–Crippen MR) is 222 cm³/mol. The summed E-state index contributed by atoms with van der Waals surface area (Å²) in [6, 6.07) is 25.9. The summed E-state index contributed by atoms with van der Waals surface area (Å²) in [5.74, 6) is 0.691. The Morgan fingerprint density at radius 1 is 0.579 bits per heavy atom. The zero-order valence-electron chi connectivity index (χ0n) is 34.2. The number of methoxy groups -OCH3 is 2. The molecular weight excluding hydrogens is 727 g/mol. The zero-order valence-corrected chi connectivity index (χ0v) is 34.2. The van der Waals surface area contributed by atoms with E-state index >= 15 is 0 Å². The molecule has 0 aliphatic carbocycles. The molecule has 0 aliphatic rings. The summed E-state index contributed by atoms with van der Waals surface area (Å²) < 4.78 is 21.0. The second kappa shape index (κ2) is 20.1. The van der Waals surface area contributed by atoms with Gasteiger partial charge in [-0.2, -0.15) is 0 Å². The van der Waals surface area contributed by atoms with Crippen LogP contribution >= 0.6 is 0 Å². The first-order valence-corrected chi connectivity index (χ1v) is 18.0. The molecule has 13 nitrogen and oxygen atoms in total. The second-order valence-corrected chi connectivity index (χ2v) is 14.0. The van der Waals surface area contributed by atoms with Crippen LogP contribution in [0.2, 0.25) is 0 Å². The molecule has 0 radical (unpaired) electrons. The molecule has 6 rings (SSSR count). The lowest BCUT2D eigenvalue weighted by Gasteiger charge is -2.15. The Labute approximate surface area is 333 Å². The van der Waals surface area contributed by atoms with Crippen LogP contribution in [0.5, 0.6) is 34.5 Å². The maximum atomic E-state index is 12.0. The standard InChI is InChI=1S/C21H22N2O4.C18H15NO4.C5H14N2/c1-13-5-7-14(8-6-13)27-15-9-10-16-17(11-15)20(24)19(21(25)26-4)22-18(16)12-23(2)3;1-11-3-6-13(7-4-11)23-14-8-5-12-10-19-16(18(21)22-2)17(20)15(12)9-14;1-6(2)5-7(3)4/h5-11,24H,12H2,1-4H3;3-10,20H,1-2H3;5H2,1-4H3. The minimum atomic E-state index is -0.686. The van der Waals surface area contributed by atoms with Gasteiger partial charge in [0.15, 0.2) is 22.9 Å². The summed E-state index contributed by atoms with van der Waals surface area (Å²) in [6.45, 7) is 5.55. The van der Waals surface area contributed by atoms with Crippen molar-refractivity contribution < 1.29 is 38.7 Å². The number of aromatic nitrogens is 2. The van der Waals surface area contributed by atoms with Gasteiger partial charge < -0.3 is 34.1 Å². The molecule has 0 atom stereocenters. The number of hydrogen-bond donors (Lipinski definition) is 2. The lowest BCUT2D eigenvalue weighted by atomic mass is 10.1. The monoisotopic (exact) mass is 777 g/mol. The Balaban J connectivity index is 0.000000219. The molecule has 4 aromatic carbocycles. The number of aromatic hydroxyl groups is 2. The zero-order chi connectivity index (χ0) is 41.8. The van der Waals surface area contributed by atoms with E-state index < -0.39 is 11.9 Å². The fraction of sp³-hybridized carbons (Fsp3) is 0.273. The lowest BCUT2D eigenvalue weighted by molar-refractivity contribution is 0.0581. The van der Waals surface area contributed by atoms with Crippen molar-refractivity contribution in [3.63, 3.8) is 0 Å². The maximum Gasteiger partial charge on any atom is 0.360 e. The molecule has 0 saturated heterocycles. The fourth-order valence-corrected chi connectivity index (χ4v) is 5.61. The van der Waals surface area contributed by atoms with Gasteiger partial charge in [-0.1, -0.05) is 35.4 Å². The average Bonchev–Trinajstić information content (AvgIpc) is 3.17. The van der Waals surface area contributed by atoms with Crippen molar-refractivity contribution in [2.45, 2.75) is 20.4 Å². The molecule has 6 aromatic rings. The third-order valence-corrected chi connectivity index (χ3v) is 8.17. The summed E-state index contributed by atoms with van der Waals surface area (Å²) >= 11 is 0. The number of aryl methyl sites for hydroxylation is 2. The van der Waals surface area contributed by atoms with Crippen molar-refractivity contribution in [3.8, 4) is 34.5 Å². The molecule has 2 N–H and O–H groups in total. The van der Waals surface area contributed by atoms with Crippen LogP contribution < -0.4 is 9.47 Å². The van der Waals surface area contributed by atoms with Crippen molar-refractivity contribution in [3.05, 3.63) is 119 Å². The third-order valence-electron chi connectivity index (χ3n) is 8.17. The van der Waals surface area contributed by atoms with E-state index in [9.17, 15) is 19.8 Å². The number of rotatable bonds is 10. The van der Waals surface area contributed by atoms with Crippen LogP contribution in [0.3, 0.4) is 0 Å². The van der Waals surface area contributed by atoms with Crippen LogP contribution in [0, 0.1) is 13.8 Å². The molecule has 57 heavy (non-hydrogen) atoms. The molecular formula is C44H51N5O8. The van der Waals surface area contributed by atoms with Gasteiger partial charge in [0.1, 0.15) is 23.0 Å². The Morgan fingerprint density at radius 2 is 1.04 bits per heavy atom. The minimum absolute atomic E-state index is 0.102. The third kappa shape index (κ3) is 12.1. The van der Waals surface area contributed by atoms with E-state index in [-0.39, 0.29) is 22.9 Å². The highest BCUT2D eigenvalue weighted by Gasteiger charge is 2.21. The number of ether oxygens (including phenoxy) is 4. The summed E-state index contributed by atoms with van der Waals surface area (Å²) in [4.78, 5) is 38.1. The van der Waals surface area contributed by atoms with E-state index in [1.54, 1.807) is 24.3 Å². The van der Waals surface area contributed by atoms with E-state index in [1.807, 2.05) is 93.5 Å². The summed E-state index contributed by atoms with van der Waals surface area (Å²) in [5, 5.41) is 23.3. The SMILES string of the molecule is CN(C)CN(C)C.COC(=O)c1nc(CN(C)C)c2ccc(Oc3ccc(C)cc3)cc2c1O.COC(=O)c1ncc2ccc(Oc3ccc(C)cc3)cc2c1O. The fourth-order valence-electron chi connectivity index (χ4n) is 5.61. The molecule has 0 saturated carbocycles. The highest BCUT2D eigenvalue weighted by Crippen LogP contribution is 2.35. The Morgan fingerprint density at radius 3 is 1.51 bits per heavy atom. The second-order valence-electron chi connectivity index (χ2n) is 14.0. The predicted octanol–water partition coefficient (Wildman–Crippen LogP) is 7.78. The van der Waals surface area contributed by atoms with Crippen molar-refractivity contribution in [2.24, 2.45) is 0 Å². The van der Waals surface area contributed by atoms with Gasteiger partial charge in [-0.05, 0) is 117 Å². The Bertz CT molecular complexity index is 2290. The van der Waals surface area contributed by atoms with E-state index in [0.717, 1.165) is 23.2 Å². The molecule has 0 bridgehead atoms. The van der Waals surface area contributed by atoms with Crippen LogP contribution in [0.4, 0.5) is 0 Å². The number of carbonyl (C=O) groups is 2. The van der Waals surface area contributed by atoms with E-state index in [2.05, 4.69) is 52.7 Å². The van der Waals surface area contributed by atoms with Gasteiger partial charge in [0.2, 0.25) is 0 Å². The molecule has 0 aliphatic heterocycles. The van der Waals surface area contributed by atoms with Crippen LogP contribution in [-0.2, 0) is 16.0 Å². The van der Waals surface area contributed by atoms with E-state index in [0.29, 0.717) is 51.4 Å². The first kappa shape index (κ1) is 43.4. The highest BCUT2D eigenvalue weighted by atomic mass is 16.5. The Kier molecular flexibility index (Phi) is 15.3. The van der Waals surface area contributed by atoms with Gasteiger partial charge in [0.05, 0.1) is 19.9 Å². The van der Waals surface area contributed by atoms with Crippen LogP contribution in [0.25, 0.3) is 21.5 Å². The Hall–Kier alpha value is -6.28. The maximum absolute atomic E-state index is 12.0. The molecule has 13 heteroatoms. The van der Waals surface area contributed by atoms with Gasteiger partial charge in [0, 0.05) is 41.0 Å². The normalized spacial score (nSPS) is 10.8. The van der Waals surface area contributed by atoms with Gasteiger partial charge in [-0.25, -0.2) is 19.6 Å². The quantitative estimate of drug-likeness (QED) is 0.103. The van der Waals surface area contributed by atoms with Crippen LogP contribution in [0.15, 0.2) is 91.1 Å². The lowest BCUT2D eigenvalue weighted by Crippen LogP contribution is -2.26. The van der Waals surface area contributed by atoms with Gasteiger partial charge in [-0.15, -0.1) is 0 Å². The topological polar surface area (TPSA) is 147 Å².